The maximum absolute atomic E-state index is 5.06. The molecule has 0 bridgehead atoms. The Labute approximate surface area is 163 Å². The third-order valence-electron chi connectivity index (χ3n) is 4.30. The summed E-state index contributed by atoms with van der Waals surface area (Å²) in [5.74, 6) is 0.854. The van der Waals surface area contributed by atoms with E-state index in [0.717, 1.165) is 25.6 Å². The molecule has 0 spiro atoms. The molecule has 136 valence electrons. The molecule has 2 N–H and O–H groups in total. The second kappa shape index (κ2) is 12.5. The van der Waals surface area contributed by atoms with E-state index in [1.807, 2.05) is 7.05 Å². The van der Waals surface area contributed by atoms with Gasteiger partial charge in [-0.25, -0.2) is 0 Å². The van der Waals surface area contributed by atoms with Gasteiger partial charge in [-0.1, -0.05) is 36.8 Å². The zero-order valence-electron chi connectivity index (χ0n) is 14.8. The Balaban J connectivity index is 0.00000288. The van der Waals surface area contributed by atoms with Crippen LogP contribution in [0.25, 0.3) is 0 Å². The number of halogens is 1. The third-order valence-corrected chi connectivity index (χ3v) is 4.30. The number of aliphatic imine (C=N–C) groups is 1. The van der Waals surface area contributed by atoms with Crippen LogP contribution in [-0.2, 0) is 11.3 Å². The van der Waals surface area contributed by atoms with Crippen LogP contribution < -0.4 is 10.6 Å². The van der Waals surface area contributed by atoms with Crippen molar-refractivity contribution in [3.63, 3.8) is 0 Å². The van der Waals surface area contributed by atoms with Gasteiger partial charge in [-0.3, -0.25) is 9.89 Å². The Bertz CT molecular complexity index is 469. The number of rotatable bonds is 7. The van der Waals surface area contributed by atoms with Crippen molar-refractivity contribution in [1.29, 1.82) is 0 Å². The van der Waals surface area contributed by atoms with Gasteiger partial charge in [0.1, 0.15) is 0 Å². The summed E-state index contributed by atoms with van der Waals surface area (Å²) in [5, 5.41) is 6.73. The molecule has 0 aliphatic carbocycles. The highest BCUT2D eigenvalue weighted by Crippen LogP contribution is 2.19. The lowest BCUT2D eigenvalue weighted by Gasteiger charge is -2.36. The Morgan fingerprint density at radius 3 is 2.75 bits per heavy atom. The molecule has 0 amide bonds. The summed E-state index contributed by atoms with van der Waals surface area (Å²) < 4.78 is 5.06. The third kappa shape index (κ3) is 7.36. The van der Waals surface area contributed by atoms with Gasteiger partial charge in [-0.15, -0.1) is 24.0 Å². The summed E-state index contributed by atoms with van der Waals surface area (Å²) in [6, 6.07) is 11.3. The number of ether oxygens (including phenoxy) is 1. The lowest BCUT2D eigenvalue weighted by atomic mass is 10.0. The number of guanidine groups is 1. The molecule has 1 aliphatic rings. The molecule has 5 nitrogen and oxygen atoms in total. The van der Waals surface area contributed by atoms with E-state index in [1.165, 1.54) is 31.4 Å². The minimum absolute atomic E-state index is 0. The predicted molar refractivity (Wildman–Crippen MR) is 111 cm³/mol. The SMILES string of the molecule is CN=C(NCCOC)NCC1CCCCN1Cc1ccccc1.I. The van der Waals surface area contributed by atoms with Crippen LogP contribution in [0.2, 0.25) is 0 Å². The van der Waals surface area contributed by atoms with Gasteiger partial charge in [0, 0.05) is 39.8 Å². The van der Waals surface area contributed by atoms with Crippen molar-refractivity contribution in [2.45, 2.75) is 31.8 Å². The molecule has 24 heavy (non-hydrogen) atoms. The summed E-state index contributed by atoms with van der Waals surface area (Å²) in [6.45, 7) is 4.60. The highest BCUT2D eigenvalue weighted by atomic mass is 127. The van der Waals surface area contributed by atoms with E-state index in [-0.39, 0.29) is 24.0 Å². The number of methoxy groups -OCH3 is 1. The smallest absolute Gasteiger partial charge is 0.191 e. The Morgan fingerprint density at radius 1 is 1.25 bits per heavy atom. The van der Waals surface area contributed by atoms with Crippen LogP contribution in [0.1, 0.15) is 24.8 Å². The van der Waals surface area contributed by atoms with Crippen LogP contribution in [0.15, 0.2) is 35.3 Å². The van der Waals surface area contributed by atoms with Crippen molar-refractivity contribution in [3.05, 3.63) is 35.9 Å². The fraction of sp³-hybridized carbons (Fsp3) is 0.611. The second-order valence-electron chi connectivity index (χ2n) is 5.98. The minimum atomic E-state index is 0. The minimum Gasteiger partial charge on any atom is -0.383 e. The van der Waals surface area contributed by atoms with E-state index in [2.05, 4.69) is 50.9 Å². The van der Waals surface area contributed by atoms with Crippen molar-refractivity contribution in [3.8, 4) is 0 Å². The largest absolute Gasteiger partial charge is 0.383 e. The Kier molecular flexibility index (Phi) is 11.0. The molecule has 1 unspecified atom stereocenters. The van der Waals surface area contributed by atoms with E-state index < -0.39 is 0 Å². The molecule has 6 heteroatoms. The molecule has 1 aromatic carbocycles. The standard InChI is InChI=1S/C18H30N4O.HI/c1-19-18(20-11-13-23-2)21-14-17-10-6-7-12-22(17)15-16-8-4-3-5-9-16;/h3-5,8-9,17H,6-7,10-15H2,1-2H3,(H2,19,20,21);1H. The lowest BCUT2D eigenvalue weighted by Crippen LogP contribution is -2.49. The number of benzene rings is 1. The Hall–Kier alpha value is -0.860. The molecule has 1 atom stereocenters. The van der Waals surface area contributed by atoms with Gasteiger partial charge in [0.2, 0.25) is 0 Å². The van der Waals surface area contributed by atoms with Crippen LogP contribution in [-0.4, -0.2) is 57.3 Å². The number of hydrogen-bond acceptors (Lipinski definition) is 3. The van der Waals surface area contributed by atoms with Gasteiger partial charge in [0.25, 0.3) is 0 Å². The molecule has 1 aromatic rings. The second-order valence-corrected chi connectivity index (χ2v) is 5.98. The number of likely N-dealkylation sites (tertiary alicyclic amines) is 1. The number of nitrogens with one attached hydrogen (secondary N) is 2. The topological polar surface area (TPSA) is 48.9 Å². The molecule has 1 saturated heterocycles. The van der Waals surface area contributed by atoms with Crippen LogP contribution in [0.4, 0.5) is 0 Å². The normalized spacial score (nSPS) is 18.8. The van der Waals surface area contributed by atoms with Gasteiger partial charge in [0.05, 0.1) is 6.61 Å². The maximum atomic E-state index is 5.06. The summed E-state index contributed by atoms with van der Waals surface area (Å²) >= 11 is 0. The summed E-state index contributed by atoms with van der Waals surface area (Å²) in [6.07, 6.45) is 3.85. The van der Waals surface area contributed by atoms with E-state index in [4.69, 9.17) is 4.74 Å². The average Bonchev–Trinajstić information content (AvgIpc) is 2.60. The van der Waals surface area contributed by atoms with Crippen LogP contribution in [0.5, 0.6) is 0 Å². The quantitative estimate of drug-likeness (QED) is 0.293. The average molecular weight is 446 g/mol. The first kappa shape index (κ1) is 21.2. The van der Waals surface area contributed by atoms with Crippen LogP contribution in [0, 0.1) is 0 Å². The van der Waals surface area contributed by atoms with Gasteiger partial charge >= 0.3 is 0 Å². The first-order valence-electron chi connectivity index (χ1n) is 8.55. The molecule has 0 saturated carbocycles. The molecule has 0 aromatic heterocycles. The first-order valence-corrected chi connectivity index (χ1v) is 8.55. The number of piperidine rings is 1. The molecule has 1 fully saturated rings. The summed E-state index contributed by atoms with van der Waals surface area (Å²) in [4.78, 5) is 6.87. The van der Waals surface area contributed by atoms with E-state index in [9.17, 15) is 0 Å². The van der Waals surface area contributed by atoms with Crippen molar-refractivity contribution in [2.24, 2.45) is 4.99 Å². The molecule has 0 radical (unpaired) electrons. The maximum Gasteiger partial charge on any atom is 0.191 e. The van der Waals surface area contributed by atoms with Crippen molar-refractivity contribution in [2.75, 3.05) is 40.4 Å². The zero-order chi connectivity index (χ0) is 16.3. The van der Waals surface area contributed by atoms with Crippen LogP contribution >= 0.6 is 24.0 Å². The fourth-order valence-electron chi connectivity index (χ4n) is 3.02. The first-order chi connectivity index (χ1) is 11.3. The molecule has 1 aliphatic heterocycles. The highest BCUT2D eigenvalue weighted by molar-refractivity contribution is 14.0. The summed E-state index contributed by atoms with van der Waals surface area (Å²) in [5.41, 5.74) is 1.39. The zero-order valence-corrected chi connectivity index (χ0v) is 17.2. The molecule has 1 heterocycles. The fourth-order valence-corrected chi connectivity index (χ4v) is 3.02. The van der Waals surface area contributed by atoms with Crippen molar-refractivity contribution < 1.29 is 4.74 Å². The van der Waals surface area contributed by atoms with Gasteiger partial charge in [-0.2, -0.15) is 0 Å². The lowest BCUT2D eigenvalue weighted by molar-refractivity contribution is 0.141. The van der Waals surface area contributed by atoms with Gasteiger partial charge in [-0.05, 0) is 24.9 Å². The van der Waals surface area contributed by atoms with Gasteiger partial charge < -0.3 is 15.4 Å². The van der Waals surface area contributed by atoms with E-state index >= 15 is 0 Å². The highest BCUT2D eigenvalue weighted by Gasteiger charge is 2.22. The van der Waals surface area contributed by atoms with E-state index in [0.29, 0.717) is 12.6 Å². The summed E-state index contributed by atoms with van der Waals surface area (Å²) in [7, 11) is 3.52. The molecular weight excluding hydrogens is 415 g/mol. The molecule has 2 rings (SSSR count). The number of hydrogen-bond donors (Lipinski definition) is 2. The van der Waals surface area contributed by atoms with Crippen LogP contribution in [0.3, 0.4) is 0 Å². The van der Waals surface area contributed by atoms with Gasteiger partial charge in [0.15, 0.2) is 5.96 Å². The number of nitrogens with zero attached hydrogens (tertiary/aromatic N) is 2. The van der Waals surface area contributed by atoms with Crippen molar-refractivity contribution >= 4 is 29.9 Å². The van der Waals surface area contributed by atoms with Crippen molar-refractivity contribution in [1.82, 2.24) is 15.5 Å². The molecular formula is C18H31IN4O. The van der Waals surface area contributed by atoms with E-state index in [1.54, 1.807) is 7.11 Å². The Morgan fingerprint density at radius 2 is 2.04 bits per heavy atom. The predicted octanol–water partition coefficient (Wildman–Crippen LogP) is 2.47. The monoisotopic (exact) mass is 446 g/mol.